The average molecular weight is 357 g/mol. The molecular weight excluding hydrogens is 324 g/mol. The quantitative estimate of drug-likeness (QED) is 0.455. The minimum atomic E-state index is -1.47. The molecule has 2 nitrogen and oxygen atoms in total. The Kier molecular flexibility index (Phi) is 4.23. The van der Waals surface area contributed by atoms with Gasteiger partial charge in [-0.05, 0) is 48.7 Å². The Labute approximate surface area is 153 Å². The van der Waals surface area contributed by atoms with Crippen LogP contribution >= 0.6 is 0 Å². The molecule has 0 N–H and O–H groups in total. The van der Waals surface area contributed by atoms with Crippen molar-refractivity contribution in [1.29, 1.82) is 0 Å². The normalized spacial score (nSPS) is 37.4. The second-order valence-corrected chi connectivity index (χ2v) is 15.0. The Balaban J connectivity index is 2.13. The van der Waals surface area contributed by atoms with Gasteiger partial charge in [-0.1, -0.05) is 46.3 Å². The minimum absolute atomic E-state index is 0.0696. The van der Waals surface area contributed by atoms with Crippen molar-refractivity contribution in [1.82, 2.24) is 0 Å². The Morgan fingerprint density at radius 2 is 1.72 bits per heavy atom. The molecule has 3 rings (SSSR count). The van der Waals surface area contributed by atoms with Crippen molar-refractivity contribution in [3.05, 3.63) is 11.6 Å². The van der Waals surface area contributed by atoms with Crippen molar-refractivity contribution in [2.24, 2.45) is 22.2 Å². The van der Waals surface area contributed by atoms with Crippen LogP contribution < -0.4 is 0 Å². The zero-order chi connectivity index (χ0) is 18.7. The van der Waals surface area contributed by atoms with E-state index >= 15 is 0 Å². The Morgan fingerprint density at radius 3 is 2.36 bits per heavy atom. The van der Waals surface area contributed by atoms with Crippen LogP contribution in [0.15, 0.2) is 11.6 Å². The van der Waals surface area contributed by atoms with Crippen LogP contribution in [0.1, 0.15) is 59.3 Å². The lowest BCUT2D eigenvalue weighted by Crippen LogP contribution is -2.55. The summed E-state index contributed by atoms with van der Waals surface area (Å²) < 4.78 is 0. The summed E-state index contributed by atoms with van der Waals surface area (Å²) >= 11 is 0. The van der Waals surface area contributed by atoms with Gasteiger partial charge in [0, 0.05) is 18.3 Å². The summed E-state index contributed by atoms with van der Waals surface area (Å²) in [5.74, 6) is 4.65. The Morgan fingerprint density at radius 1 is 1.04 bits per heavy atom. The molecule has 0 saturated heterocycles. The number of hydrogen-bond donors (Lipinski definition) is 0. The van der Waals surface area contributed by atoms with Gasteiger partial charge in [0.2, 0.25) is 0 Å². The van der Waals surface area contributed by atoms with Crippen LogP contribution in [0.5, 0.6) is 0 Å². The summed E-state index contributed by atoms with van der Waals surface area (Å²) in [7, 11) is -1.47. The first-order valence-corrected chi connectivity index (χ1v) is 13.2. The lowest BCUT2D eigenvalue weighted by Gasteiger charge is -2.59. The predicted molar refractivity (Wildman–Crippen MR) is 105 cm³/mol. The highest BCUT2D eigenvalue weighted by atomic mass is 28.3. The van der Waals surface area contributed by atoms with Crippen LogP contribution in [0.2, 0.25) is 19.6 Å². The van der Waals surface area contributed by atoms with E-state index in [0.29, 0.717) is 24.5 Å². The van der Waals surface area contributed by atoms with E-state index in [-0.39, 0.29) is 22.0 Å². The van der Waals surface area contributed by atoms with Crippen molar-refractivity contribution in [3.63, 3.8) is 0 Å². The summed E-state index contributed by atoms with van der Waals surface area (Å²) in [5.41, 5.74) is 4.37. The molecule has 1 unspecified atom stereocenters. The topological polar surface area (TPSA) is 34.1 Å². The van der Waals surface area contributed by atoms with Crippen LogP contribution in [-0.4, -0.2) is 19.6 Å². The number of ketones is 2. The standard InChI is InChI=1S/C22H32O2Si/c1-20(2)17-8-12-22(13-14-25(4,5)6)11-7-16(23)15-18(22)21(17,3)10-9-19(20)24/h15,17H,7-12H2,1-6H3/t17?,21-,22+/m0/s1. The lowest BCUT2D eigenvalue weighted by atomic mass is 9.44. The molecule has 3 atom stereocenters. The maximum absolute atomic E-state index is 12.6. The largest absolute Gasteiger partial charge is 0.299 e. The van der Waals surface area contributed by atoms with E-state index < -0.39 is 8.07 Å². The van der Waals surface area contributed by atoms with Crippen LogP contribution in [0.25, 0.3) is 0 Å². The first-order chi connectivity index (χ1) is 11.4. The van der Waals surface area contributed by atoms with Gasteiger partial charge >= 0.3 is 0 Å². The molecule has 0 spiro atoms. The zero-order valence-electron chi connectivity index (χ0n) is 16.7. The molecule has 0 amide bonds. The SMILES string of the molecule is CC1(C)C(=O)CC[C@]2(C)C3=CC(=O)CC[C@]3(C#C[Si](C)(C)C)CCC12. The van der Waals surface area contributed by atoms with E-state index in [9.17, 15) is 9.59 Å². The molecule has 0 aromatic heterocycles. The highest BCUT2D eigenvalue weighted by Gasteiger charge is 2.59. The molecule has 3 heteroatoms. The number of carbonyl (C=O) groups excluding carboxylic acids is 2. The summed E-state index contributed by atoms with van der Waals surface area (Å²) in [6.45, 7) is 13.4. The fourth-order valence-corrected chi connectivity index (χ4v) is 6.18. The third-order valence-corrected chi connectivity index (χ3v) is 7.88. The number of allylic oxidation sites excluding steroid dienone is 2. The summed E-state index contributed by atoms with van der Waals surface area (Å²) in [6, 6.07) is 0. The van der Waals surface area contributed by atoms with Crippen LogP contribution in [0, 0.1) is 33.6 Å². The van der Waals surface area contributed by atoms with Gasteiger partial charge in [0.25, 0.3) is 0 Å². The monoisotopic (exact) mass is 356 g/mol. The first-order valence-electron chi connectivity index (χ1n) is 9.74. The molecule has 2 saturated carbocycles. The van der Waals surface area contributed by atoms with Gasteiger partial charge in [-0.25, -0.2) is 0 Å². The molecular formula is C22H32O2Si. The predicted octanol–water partition coefficient (Wildman–Crippen LogP) is 4.95. The smallest absolute Gasteiger partial charge is 0.155 e. The average Bonchev–Trinajstić information content (AvgIpc) is 2.50. The van der Waals surface area contributed by atoms with Crippen molar-refractivity contribution < 1.29 is 9.59 Å². The van der Waals surface area contributed by atoms with Crippen LogP contribution in [0.4, 0.5) is 0 Å². The Hall–Kier alpha value is -1.14. The number of rotatable bonds is 0. The molecule has 0 bridgehead atoms. The maximum Gasteiger partial charge on any atom is 0.155 e. The lowest BCUT2D eigenvalue weighted by molar-refractivity contribution is -0.141. The Bertz CT molecular complexity index is 713. The molecule has 0 aromatic carbocycles. The molecule has 2 fully saturated rings. The van der Waals surface area contributed by atoms with E-state index in [4.69, 9.17) is 0 Å². The highest BCUT2D eigenvalue weighted by Crippen LogP contribution is 2.64. The summed E-state index contributed by atoms with van der Waals surface area (Å²) in [6.07, 6.45) is 6.96. The molecule has 136 valence electrons. The molecule has 0 aromatic rings. The third-order valence-electron chi connectivity index (χ3n) is 7.00. The first kappa shape index (κ1) is 18.6. The zero-order valence-corrected chi connectivity index (χ0v) is 17.7. The number of Topliss-reactive ketones (excluding diaryl/α,β-unsaturated/α-hetero) is 1. The van der Waals surface area contributed by atoms with Gasteiger partial charge in [0.1, 0.15) is 13.9 Å². The maximum atomic E-state index is 12.6. The number of hydrogen-bond acceptors (Lipinski definition) is 2. The van der Waals surface area contributed by atoms with E-state index in [2.05, 4.69) is 51.9 Å². The molecule has 25 heavy (non-hydrogen) atoms. The van der Waals surface area contributed by atoms with Gasteiger partial charge in [-0.15, -0.1) is 5.54 Å². The van der Waals surface area contributed by atoms with Gasteiger partial charge in [0.05, 0.1) is 5.41 Å². The van der Waals surface area contributed by atoms with Crippen molar-refractivity contribution in [2.45, 2.75) is 78.9 Å². The van der Waals surface area contributed by atoms with E-state index in [0.717, 1.165) is 25.7 Å². The highest BCUT2D eigenvalue weighted by molar-refractivity contribution is 6.83. The second kappa shape index (κ2) is 5.68. The van der Waals surface area contributed by atoms with Crippen LogP contribution in [0.3, 0.4) is 0 Å². The molecule has 0 heterocycles. The second-order valence-electron chi connectivity index (χ2n) is 10.3. The summed E-state index contributed by atoms with van der Waals surface area (Å²) in [4.78, 5) is 24.9. The van der Waals surface area contributed by atoms with Crippen molar-refractivity contribution in [3.8, 4) is 11.5 Å². The minimum Gasteiger partial charge on any atom is -0.299 e. The van der Waals surface area contributed by atoms with Gasteiger partial charge in [-0.3, -0.25) is 9.59 Å². The van der Waals surface area contributed by atoms with Gasteiger partial charge in [-0.2, -0.15) is 0 Å². The van der Waals surface area contributed by atoms with E-state index in [1.807, 2.05) is 6.08 Å². The number of carbonyl (C=O) groups is 2. The fraction of sp³-hybridized carbons (Fsp3) is 0.727. The fourth-order valence-electron chi connectivity index (χ4n) is 5.57. The van der Waals surface area contributed by atoms with Gasteiger partial charge < -0.3 is 0 Å². The van der Waals surface area contributed by atoms with E-state index in [1.54, 1.807) is 0 Å². The van der Waals surface area contributed by atoms with Crippen molar-refractivity contribution >= 4 is 19.6 Å². The third kappa shape index (κ3) is 2.97. The summed E-state index contributed by atoms with van der Waals surface area (Å²) in [5, 5.41) is 0. The molecule has 3 aliphatic rings. The van der Waals surface area contributed by atoms with Crippen molar-refractivity contribution in [2.75, 3.05) is 0 Å². The molecule has 0 aliphatic heterocycles. The van der Waals surface area contributed by atoms with E-state index in [1.165, 1.54) is 5.57 Å². The molecule has 0 radical (unpaired) electrons. The van der Waals surface area contributed by atoms with Crippen LogP contribution in [-0.2, 0) is 9.59 Å². The number of fused-ring (bicyclic) bond motifs is 3. The van der Waals surface area contributed by atoms with Gasteiger partial charge in [0.15, 0.2) is 5.78 Å². The molecule has 3 aliphatic carbocycles.